The van der Waals surface area contributed by atoms with Gasteiger partial charge in [-0.2, -0.15) is 15.5 Å². The van der Waals surface area contributed by atoms with Crippen LogP contribution in [0, 0.1) is 24.1 Å². The Bertz CT molecular complexity index is 1050. The predicted molar refractivity (Wildman–Crippen MR) is 106 cm³/mol. The number of aryl methyl sites for hydroxylation is 1. The molecule has 0 amide bonds. The lowest BCUT2D eigenvalue weighted by Crippen LogP contribution is -2.17. The number of hydrogen-bond acceptors (Lipinski definition) is 4. The summed E-state index contributed by atoms with van der Waals surface area (Å²) >= 11 is 0. The van der Waals surface area contributed by atoms with E-state index < -0.39 is 5.82 Å². The molecule has 1 unspecified atom stereocenters. The van der Waals surface area contributed by atoms with Crippen molar-refractivity contribution in [3.63, 3.8) is 0 Å². The topological polar surface area (TPSA) is 52.8 Å². The molecular weight excluding hydrogens is 351 g/mol. The molecule has 140 valence electrons. The molecule has 0 aliphatic carbocycles. The first-order chi connectivity index (χ1) is 13.5. The van der Waals surface area contributed by atoms with E-state index in [1.807, 2.05) is 31.2 Å². The van der Waals surface area contributed by atoms with Crippen LogP contribution in [0.4, 0.5) is 4.39 Å². The summed E-state index contributed by atoms with van der Waals surface area (Å²) < 4.78 is 14.2. The maximum absolute atomic E-state index is 14.2. The molecule has 1 aromatic heterocycles. The number of hydrogen-bond donors (Lipinski definition) is 0. The van der Waals surface area contributed by atoms with E-state index in [1.165, 1.54) is 17.2 Å². The van der Waals surface area contributed by atoms with Crippen LogP contribution in [-0.4, -0.2) is 28.7 Å². The summed E-state index contributed by atoms with van der Waals surface area (Å²) in [5, 5.41) is 17.5. The maximum atomic E-state index is 14.2. The van der Waals surface area contributed by atoms with Crippen LogP contribution >= 0.6 is 0 Å². The Hall–Kier alpha value is -3.10. The lowest BCUT2D eigenvalue weighted by molar-refractivity contribution is 0.328. The van der Waals surface area contributed by atoms with Crippen molar-refractivity contribution in [3.05, 3.63) is 82.3 Å². The number of nitrogens with zero attached hydrogens (tertiary/aromatic N) is 4. The van der Waals surface area contributed by atoms with Crippen LogP contribution in [0.25, 0.3) is 11.3 Å². The van der Waals surface area contributed by atoms with E-state index in [2.05, 4.69) is 40.3 Å². The Kier molecular flexibility index (Phi) is 4.89. The van der Waals surface area contributed by atoms with Gasteiger partial charge in [-0.15, -0.1) is 0 Å². The smallest absolute Gasteiger partial charge is 0.141 e. The van der Waals surface area contributed by atoms with E-state index in [4.69, 9.17) is 5.26 Å². The number of halogens is 1. The summed E-state index contributed by atoms with van der Waals surface area (Å²) in [6.07, 6.45) is 0.901. The fraction of sp³-hybridized carbons (Fsp3) is 0.261. The first-order valence-corrected chi connectivity index (χ1v) is 9.37. The molecular formula is C23H21FN4. The fourth-order valence-corrected chi connectivity index (χ4v) is 3.85. The van der Waals surface area contributed by atoms with Crippen molar-refractivity contribution < 1.29 is 4.39 Å². The standard InChI is InChI=1S/C23H21FN4/c1-15-3-8-23(27-26-15)17-6-7-20-19(11-17)14-28(2)10-9-21(20)16-4-5-18(13-25)22(24)12-16/h3-8,11-12,21H,9-10,14H2,1-2H3. The minimum Gasteiger partial charge on any atom is -0.302 e. The molecule has 3 aromatic rings. The monoisotopic (exact) mass is 372 g/mol. The first kappa shape index (κ1) is 18.3. The maximum Gasteiger partial charge on any atom is 0.141 e. The Morgan fingerprint density at radius 1 is 1.11 bits per heavy atom. The molecule has 0 saturated carbocycles. The van der Waals surface area contributed by atoms with Crippen LogP contribution < -0.4 is 0 Å². The number of nitriles is 1. The minimum absolute atomic E-state index is 0.0861. The molecule has 0 bridgehead atoms. The molecule has 1 atom stereocenters. The molecule has 1 aliphatic heterocycles. The second-order valence-electron chi connectivity index (χ2n) is 7.40. The zero-order valence-corrected chi connectivity index (χ0v) is 16.0. The Morgan fingerprint density at radius 3 is 2.68 bits per heavy atom. The van der Waals surface area contributed by atoms with E-state index >= 15 is 0 Å². The predicted octanol–water partition coefficient (Wildman–Crippen LogP) is 4.43. The van der Waals surface area contributed by atoms with Gasteiger partial charge in [-0.05, 0) is 74.0 Å². The molecule has 4 nitrogen and oxygen atoms in total. The van der Waals surface area contributed by atoms with Gasteiger partial charge in [0.1, 0.15) is 11.9 Å². The highest BCUT2D eigenvalue weighted by Crippen LogP contribution is 2.36. The lowest BCUT2D eigenvalue weighted by atomic mass is 9.85. The van der Waals surface area contributed by atoms with Crippen LogP contribution in [0.15, 0.2) is 48.5 Å². The summed E-state index contributed by atoms with van der Waals surface area (Å²) in [5.74, 6) is -0.356. The molecule has 1 aliphatic rings. The molecule has 0 spiro atoms. The van der Waals surface area contributed by atoms with Crippen molar-refractivity contribution in [1.29, 1.82) is 5.26 Å². The Labute approximate surface area is 164 Å². The van der Waals surface area contributed by atoms with Gasteiger partial charge in [0.2, 0.25) is 0 Å². The molecule has 2 aromatic carbocycles. The first-order valence-electron chi connectivity index (χ1n) is 9.37. The highest BCUT2D eigenvalue weighted by atomic mass is 19.1. The van der Waals surface area contributed by atoms with E-state index in [1.54, 1.807) is 6.07 Å². The lowest BCUT2D eigenvalue weighted by Gasteiger charge is -2.19. The largest absolute Gasteiger partial charge is 0.302 e. The van der Waals surface area contributed by atoms with Crippen molar-refractivity contribution in [2.24, 2.45) is 0 Å². The van der Waals surface area contributed by atoms with Crippen molar-refractivity contribution in [2.75, 3.05) is 13.6 Å². The average Bonchev–Trinajstić information content (AvgIpc) is 2.86. The molecule has 5 heteroatoms. The van der Waals surface area contributed by atoms with Gasteiger partial charge in [0.25, 0.3) is 0 Å². The normalized spacial score (nSPS) is 16.9. The van der Waals surface area contributed by atoms with Gasteiger partial charge in [-0.1, -0.05) is 18.2 Å². The van der Waals surface area contributed by atoms with Crippen LogP contribution in [0.5, 0.6) is 0 Å². The van der Waals surface area contributed by atoms with Crippen LogP contribution in [0.2, 0.25) is 0 Å². The third kappa shape index (κ3) is 3.51. The highest BCUT2D eigenvalue weighted by Gasteiger charge is 2.24. The third-order valence-corrected chi connectivity index (χ3v) is 5.37. The zero-order valence-electron chi connectivity index (χ0n) is 16.0. The van der Waals surface area contributed by atoms with Gasteiger partial charge in [-0.3, -0.25) is 0 Å². The summed E-state index contributed by atoms with van der Waals surface area (Å²) in [6, 6.07) is 17.2. The van der Waals surface area contributed by atoms with Gasteiger partial charge >= 0.3 is 0 Å². The van der Waals surface area contributed by atoms with Crippen LogP contribution in [0.1, 0.15) is 40.3 Å². The van der Waals surface area contributed by atoms with E-state index in [9.17, 15) is 4.39 Å². The Morgan fingerprint density at radius 2 is 1.96 bits per heavy atom. The molecule has 0 radical (unpaired) electrons. The zero-order chi connectivity index (χ0) is 19.7. The van der Waals surface area contributed by atoms with Crippen LogP contribution in [-0.2, 0) is 6.54 Å². The SMILES string of the molecule is Cc1ccc(-c2ccc3c(c2)CN(C)CCC3c2ccc(C#N)c(F)c2)nn1. The van der Waals surface area contributed by atoms with Crippen LogP contribution in [0.3, 0.4) is 0 Å². The number of aromatic nitrogens is 2. The summed E-state index contributed by atoms with van der Waals surface area (Å²) in [7, 11) is 2.10. The molecule has 2 heterocycles. The van der Waals surface area contributed by atoms with Crippen molar-refractivity contribution in [1.82, 2.24) is 15.1 Å². The number of benzene rings is 2. The Balaban J connectivity index is 1.77. The fourth-order valence-electron chi connectivity index (χ4n) is 3.85. The van der Waals surface area contributed by atoms with E-state index in [0.717, 1.165) is 42.0 Å². The number of rotatable bonds is 2. The molecule has 0 N–H and O–H groups in total. The van der Waals surface area contributed by atoms with E-state index in [0.29, 0.717) is 0 Å². The molecule has 0 fully saturated rings. The summed E-state index contributed by atoms with van der Waals surface area (Å²) in [5.41, 5.74) is 6.19. The minimum atomic E-state index is -0.453. The van der Waals surface area contributed by atoms with Gasteiger partial charge < -0.3 is 4.90 Å². The second kappa shape index (κ2) is 7.49. The average molecular weight is 372 g/mol. The van der Waals surface area contributed by atoms with Gasteiger partial charge in [0, 0.05) is 18.0 Å². The van der Waals surface area contributed by atoms with Gasteiger partial charge in [0.15, 0.2) is 0 Å². The van der Waals surface area contributed by atoms with Gasteiger partial charge in [0.05, 0.1) is 17.0 Å². The molecule has 0 saturated heterocycles. The van der Waals surface area contributed by atoms with Crippen molar-refractivity contribution >= 4 is 0 Å². The highest BCUT2D eigenvalue weighted by molar-refractivity contribution is 5.61. The third-order valence-electron chi connectivity index (χ3n) is 5.37. The second-order valence-corrected chi connectivity index (χ2v) is 7.40. The molecule has 4 rings (SSSR count). The van der Waals surface area contributed by atoms with E-state index in [-0.39, 0.29) is 11.5 Å². The quantitative estimate of drug-likeness (QED) is 0.668. The van der Waals surface area contributed by atoms with Crippen molar-refractivity contribution in [3.8, 4) is 17.3 Å². The summed E-state index contributed by atoms with van der Waals surface area (Å²) in [6.45, 7) is 3.67. The number of fused-ring (bicyclic) bond motifs is 1. The molecule has 28 heavy (non-hydrogen) atoms. The summed E-state index contributed by atoms with van der Waals surface area (Å²) in [4.78, 5) is 2.28. The van der Waals surface area contributed by atoms with Gasteiger partial charge in [-0.25, -0.2) is 4.39 Å². The van der Waals surface area contributed by atoms with Crippen molar-refractivity contribution in [2.45, 2.75) is 25.8 Å².